The molecule has 3 N–H and O–H groups in total. The van der Waals surface area contributed by atoms with Gasteiger partial charge in [-0.05, 0) is 52.2 Å². The molecule has 2 aromatic carbocycles. The molecule has 1 amide bonds. The molecule has 0 radical (unpaired) electrons. The van der Waals surface area contributed by atoms with Crippen molar-refractivity contribution in [2.45, 2.75) is 18.5 Å². The average Bonchev–Trinajstić information content (AvgIpc) is 3.25. The lowest BCUT2D eigenvalue weighted by molar-refractivity contribution is 0.0933. The van der Waals surface area contributed by atoms with Gasteiger partial charge in [0.25, 0.3) is 5.91 Å². The van der Waals surface area contributed by atoms with Crippen molar-refractivity contribution in [1.29, 1.82) is 0 Å². The van der Waals surface area contributed by atoms with Crippen LogP contribution in [-0.4, -0.2) is 32.2 Å². The summed E-state index contributed by atoms with van der Waals surface area (Å²) in [4.78, 5) is 12.5. The highest BCUT2D eigenvalue weighted by Crippen LogP contribution is 2.29. The molecule has 0 fully saturated rings. The number of tetrazole rings is 1. The van der Waals surface area contributed by atoms with E-state index in [0.717, 1.165) is 17.7 Å². The fourth-order valence-electron chi connectivity index (χ4n) is 3.06. The summed E-state index contributed by atoms with van der Waals surface area (Å²) in [6.45, 7) is 0. The third kappa shape index (κ3) is 3.24. The molecule has 25 heavy (non-hydrogen) atoms. The second-order valence-electron chi connectivity index (χ2n) is 5.81. The Kier molecular flexibility index (Phi) is 4.78. The molecule has 0 saturated heterocycles. The molecule has 1 aromatic heterocycles. The maximum atomic E-state index is 12.5. The first kappa shape index (κ1) is 17.1. The summed E-state index contributed by atoms with van der Waals surface area (Å²) < 4.78 is 1.53. The zero-order valence-electron chi connectivity index (χ0n) is 13.2. The van der Waals surface area contributed by atoms with Crippen LogP contribution >= 0.6 is 12.4 Å². The van der Waals surface area contributed by atoms with E-state index in [1.54, 1.807) is 24.3 Å². The van der Waals surface area contributed by atoms with Crippen LogP contribution in [0.4, 0.5) is 0 Å². The fourth-order valence-corrected chi connectivity index (χ4v) is 3.06. The maximum Gasteiger partial charge on any atom is 0.251 e. The van der Waals surface area contributed by atoms with Crippen LogP contribution in [0.15, 0.2) is 54.9 Å². The van der Waals surface area contributed by atoms with Gasteiger partial charge in [0.1, 0.15) is 6.33 Å². The Hall–Kier alpha value is -2.77. The Labute approximate surface area is 150 Å². The van der Waals surface area contributed by atoms with Crippen molar-refractivity contribution in [2.75, 3.05) is 0 Å². The molecule has 0 bridgehead atoms. The Morgan fingerprint density at radius 3 is 2.60 bits per heavy atom. The van der Waals surface area contributed by atoms with E-state index in [2.05, 4.69) is 26.9 Å². The first-order chi connectivity index (χ1) is 11.7. The second-order valence-corrected chi connectivity index (χ2v) is 5.81. The molecule has 3 aromatic rings. The summed E-state index contributed by atoms with van der Waals surface area (Å²) in [5.74, 6) is -0.133. The number of hydrogen-bond donors (Lipinski definition) is 2. The number of carbonyl (C=O) groups excluding carboxylic acids is 1. The molecule has 2 atom stereocenters. The minimum absolute atomic E-state index is 0. The van der Waals surface area contributed by atoms with Crippen LogP contribution in [0.25, 0.3) is 5.69 Å². The summed E-state index contributed by atoms with van der Waals surface area (Å²) in [5, 5.41) is 14.0. The first-order valence-corrected chi connectivity index (χ1v) is 7.70. The minimum Gasteiger partial charge on any atom is -0.347 e. The molecular weight excluding hydrogens is 340 g/mol. The SMILES string of the molecule is Cl.N[C@H]1c2ccccc2C[C@@H]1NC(=O)c1ccc(-n2cnnn2)cc1. The number of nitrogens with two attached hydrogens (primary N) is 1. The summed E-state index contributed by atoms with van der Waals surface area (Å²) >= 11 is 0. The smallest absolute Gasteiger partial charge is 0.251 e. The molecule has 0 aliphatic heterocycles. The normalized spacial score (nSPS) is 18.3. The number of hydrogen-bond acceptors (Lipinski definition) is 5. The average molecular weight is 357 g/mol. The lowest BCUT2D eigenvalue weighted by Crippen LogP contribution is -2.40. The second kappa shape index (κ2) is 7.00. The van der Waals surface area contributed by atoms with E-state index < -0.39 is 0 Å². The van der Waals surface area contributed by atoms with Crippen molar-refractivity contribution in [1.82, 2.24) is 25.5 Å². The molecule has 0 saturated carbocycles. The predicted octanol–water partition coefficient (Wildman–Crippen LogP) is 1.44. The van der Waals surface area contributed by atoms with E-state index in [1.807, 2.05) is 18.2 Å². The van der Waals surface area contributed by atoms with Crippen molar-refractivity contribution in [2.24, 2.45) is 5.73 Å². The van der Waals surface area contributed by atoms with Gasteiger partial charge in [-0.1, -0.05) is 24.3 Å². The van der Waals surface area contributed by atoms with Gasteiger partial charge < -0.3 is 11.1 Å². The standard InChI is InChI=1S/C17H16N6O.ClH/c18-16-14-4-2-1-3-12(14)9-15(16)20-17(24)11-5-7-13(8-6-11)23-10-19-21-22-23;/h1-8,10,15-16H,9,18H2,(H,20,24);1H/t15-,16-;/m0./s1. The number of aromatic nitrogens is 4. The Morgan fingerprint density at radius 1 is 1.16 bits per heavy atom. The van der Waals surface area contributed by atoms with Crippen molar-refractivity contribution in [3.8, 4) is 5.69 Å². The molecule has 7 nitrogen and oxygen atoms in total. The van der Waals surface area contributed by atoms with Gasteiger partial charge >= 0.3 is 0 Å². The molecule has 0 unspecified atom stereocenters. The Morgan fingerprint density at radius 2 is 1.92 bits per heavy atom. The van der Waals surface area contributed by atoms with Gasteiger partial charge in [0.05, 0.1) is 17.8 Å². The van der Waals surface area contributed by atoms with E-state index in [0.29, 0.717) is 5.56 Å². The number of fused-ring (bicyclic) bond motifs is 1. The zero-order chi connectivity index (χ0) is 16.5. The van der Waals surface area contributed by atoms with Crippen LogP contribution in [0.1, 0.15) is 27.5 Å². The molecular formula is C17H17ClN6O. The van der Waals surface area contributed by atoms with Crippen molar-refractivity contribution in [3.63, 3.8) is 0 Å². The highest BCUT2D eigenvalue weighted by Gasteiger charge is 2.30. The third-order valence-electron chi connectivity index (χ3n) is 4.35. The summed E-state index contributed by atoms with van der Waals surface area (Å²) in [6.07, 6.45) is 2.26. The third-order valence-corrected chi connectivity index (χ3v) is 4.35. The van der Waals surface area contributed by atoms with Crippen LogP contribution in [0.3, 0.4) is 0 Å². The fraction of sp³-hybridized carbons (Fsp3) is 0.176. The van der Waals surface area contributed by atoms with E-state index >= 15 is 0 Å². The lowest BCUT2D eigenvalue weighted by atomic mass is 10.1. The number of amides is 1. The van der Waals surface area contributed by atoms with Gasteiger partial charge in [0.2, 0.25) is 0 Å². The van der Waals surface area contributed by atoms with Crippen LogP contribution in [0, 0.1) is 0 Å². The maximum absolute atomic E-state index is 12.5. The van der Waals surface area contributed by atoms with Crippen LogP contribution < -0.4 is 11.1 Å². The number of halogens is 1. The van der Waals surface area contributed by atoms with Crippen LogP contribution in [-0.2, 0) is 6.42 Å². The Bertz CT molecular complexity index is 865. The van der Waals surface area contributed by atoms with Crippen LogP contribution in [0.2, 0.25) is 0 Å². The molecule has 8 heteroatoms. The van der Waals surface area contributed by atoms with E-state index in [-0.39, 0.29) is 30.4 Å². The summed E-state index contributed by atoms with van der Waals surface area (Å²) in [5.41, 5.74) is 9.94. The Balaban J connectivity index is 0.00000182. The zero-order valence-corrected chi connectivity index (χ0v) is 14.1. The number of rotatable bonds is 3. The number of nitrogens with one attached hydrogen (secondary N) is 1. The molecule has 4 rings (SSSR count). The highest BCUT2D eigenvalue weighted by atomic mass is 35.5. The largest absolute Gasteiger partial charge is 0.347 e. The van der Waals surface area contributed by atoms with E-state index in [4.69, 9.17) is 5.73 Å². The summed E-state index contributed by atoms with van der Waals surface area (Å²) in [6, 6.07) is 14.9. The number of carbonyl (C=O) groups is 1. The monoisotopic (exact) mass is 356 g/mol. The summed E-state index contributed by atoms with van der Waals surface area (Å²) in [7, 11) is 0. The van der Waals surface area contributed by atoms with Gasteiger partial charge in [-0.3, -0.25) is 4.79 Å². The number of benzene rings is 2. The van der Waals surface area contributed by atoms with Gasteiger partial charge in [-0.2, -0.15) is 0 Å². The molecule has 1 aliphatic carbocycles. The molecule has 1 heterocycles. The molecule has 1 aliphatic rings. The quantitative estimate of drug-likeness (QED) is 0.739. The van der Waals surface area contributed by atoms with Gasteiger partial charge in [-0.25, -0.2) is 4.68 Å². The van der Waals surface area contributed by atoms with Gasteiger partial charge in [0.15, 0.2) is 0 Å². The predicted molar refractivity (Wildman–Crippen MR) is 94.7 cm³/mol. The first-order valence-electron chi connectivity index (χ1n) is 7.70. The molecule has 0 spiro atoms. The number of nitrogens with zero attached hydrogens (tertiary/aromatic N) is 4. The van der Waals surface area contributed by atoms with Crippen molar-refractivity contribution >= 4 is 18.3 Å². The highest BCUT2D eigenvalue weighted by molar-refractivity contribution is 5.94. The van der Waals surface area contributed by atoms with Crippen LogP contribution in [0.5, 0.6) is 0 Å². The lowest BCUT2D eigenvalue weighted by Gasteiger charge is -2.18. The van der Waals surface area contributed by atoms with Gasteiger partial charge in [0, 0.05) is 5.56 Å². The van der Waals surface area contributed by atoms with Crippen molar-refractivity contribution < 1.29 is 4.79 Å². The van der Waals surface area contributed by atoms with E-state index in [1.165, 1.54) is 16.6 Å². The topological polar surface area (TPSA) is 98.7 Å². The van der Waals surface area contributed by atoms with Gasteiger partial charge in [-0.15, -0.1) is 17.5 Å². The minimum atomic E-state index is -0.175. The van der Waals surface area contributed by atoms with E-state index in [9.17, 15) is 4.79 Å². The van der Waals surface area contributed by atoms with Crippen molar-refractivity contribution in [3.05, 3.63) is 71.5 Å². The molecule has 128 valence electrons.